The molecule has 128 valence electrons. The molecule has 0 bridgehead atoms. The number of pyridine rings is 1. The van der Waals surface area contributed by atoms with Gasteiger partial charge in [-0.15, -0.1) is 0 Å². The summed E-state index contributed by atoms with van der Waals surface area (Å²) in [5.41, 5.74) is 3.92. The molecule has 1 aromatic carbocycles. The Balaban J connectivity index is 1.71. The number of rotatable bonds is 2. The largest absolute Gasteiger partial charge is 0.449 e. The Labute approximate surface area is 148 Å². The van der Waals surface area contributed by atoms with Gasteiger partial charge in [0, 0.05) is 36.0 Å². The fourth-order valence-electron chi connectivity index (χ4n) is 2.65. The molecule has 0 N–H and O–H groups in total. The number of amides is 1. The molecule has 0 saturated carbocycles. The second-order valence-electron chi connectivity index (χ2n) is 6.59. The number of fused-ring (bicyclic) bond motifs is 1. The van der Waals surface area contributed by atoms with Crippen molar-refractivity contribution < 1.29 is 9.53 Å². The summed E-state index contributed by atoms with van der Waals surface area (Å²) in [7, 11) is 0. The molecule has 1 aliphatic rings. The smallest absolute Gasteiger partial charge is 0.410 e. The molecule has 0 atom stereocenters. The fraction of sp³-hybridized carbons (Fsp3) is 0.333. The predicted molar refractivity (Wildman–Crippen MR) is 97.0 cm³/mol. The quantitative estimate of drug-likeness (QED) is 0.788. The van der Waals surface area contributed by atoms with E-state index in [1.165, 1.54) is 0 Å². The van der Waals surface area contributed by atoms with Crippen LogP contribution in [-0.4, -0.2) is 29.1 Å². The summed E-state index contributed by atoms with van der Waals surface area (Å²) < 4.78 is 5.33. The molecular formula is C21H22N2O2. The molecule has 1 aromatic heterocycles. The van der Waals surface area contributed by atoms with Gasteiger partial charge in [0.2, 0.25) is 0 Å². The van der Waals surface area contributed by atoms with Crippen LogP contribution in [0.15, 0.2) is 42.6 Å². The SMILES string of the molecule is CC(C)COC(=O)N1CCc2ncc(C#Cc3ccccc3)cc2C1. The van der Waals surface area contributed by atoms with Gasteiger partial charge in [-0.05, 0) is 29.7 Å². The molecule has 2 heterocycles. The Morgan fingerprint density at radius 2 is 2.00 bits per heavy atom. The van der Waals surface area contributed by atoms with Crippen LogP contribution in [0.4, 0.5) is 4.79 Å². The Morgan fingerprint density at radius 1 is 1.24 bits per heavy atom. The molecule has 0 spiro atoms. The summed E-state index contributed by atoms with van der Waals surface area (Å²) in [6.45, 7) is 5.68. The first-order chi connectivity index (χ1) is 12.1. The zero-order valence-corrected chi connectivity index (χ0v) is 14.7. The van der Waals surface area contributed by atoms with E-state index >= 15 is 0 Å². The molecule has 0 aliphatic carbocycles. The van der Waals surface area contributed by atoms with Crippen LogP contribution in [0.5, 0.6) is 0 Å². The highest BCUT2D eigenvalue weighted by atomic mass is 16.6. The molecule has 0 radical (unpaired) electrons. The van der Waals surface area contributed by atoms with E-state index in [-0.39, 0.29) is 6.09 Å². The van der Waals surface area contributed by atoms with Crippen LogP contribution in [0.25, 0.3) is 0 Å². The van der Waals surface area contributed by atoms with E-state index in [4.69, 9.17) is 4.74 Å². The van der Waals surface area contributed by atoms with Gasteiger partial charge in [-0.2, -0.15) is 0 Å². The molecular weight excluding hydrogens is 312 g/mol. The van der Waals surface area contributed by atoms with Crippen molar-refractivity contribution in [3.05, 3.63) is 65.0 Å². The zero-order chi connectivity index (χ0) is 17.6. The molecule has 4 heteroatoms. The molecule has 1 aliphatic heterocycles. The maximum atomic E-state index is 12.2. The van der Waals surface area contributed by atoms with Crippen molar-refractivity contribution in [1.82, 2.24) is 9.88 Å². The fourth-order valence-corrected chi connectivity index (χ4v) is 2.65. The van der Waals surface area contributed by atoms with Crippen LogP contribution in [0, 0.1) is 17.8 Å². The van der Waals surface area contributed by atoms with Crippen LogP contribution < -0.4 is 0 Å². The Kier molecular flexibility index (Phi) is 5.35. The van der Waals surface area contributed by atoms with Crippen LogP contribution >= 0.6 is 0 Å². The van der Waals surface area contributed by atoms with Gasteiger partial charge in [-0.3, -0.25) is 4.98 Å². The third-order valence-electron chi connectivity index (χ3n) is 3.96. The van der Waals surface area contributed by atoms with Gasteiger partial charge in [0.15, 0.2) is 0 Å². The van der Waals surface area contributed by atoms with Crippen molar-refractivity contribution in [3.63, 3.8) is 0 Å². The highest BCUT2D eigenvalue weighted by Crippen LogP contribution is 2.19. The summed E-state index contributed by atoms with van der Waals surface area (Å²) in [5, 5.41) is 0. The Hall–Kier alpha value is -2.80. The standard InChI is InChI=1S/C21H22N2O2/c1-16(2)15-25-21(24)23-11-10-20-19(14-23)12-18(13-22-20)9-8-17-6-4-3-5-7-17/h3-7,12-13,16H,10-11,14-15H2,1-2H3. The second kappa shape index (κ2) is 7.85. The number of ether oxygens (including phenoxy) is 1. The number of carbonyl (C=O) groups excluding carboxylic acids is 1. The van der Waals surface area contributed by atoms with Crippen LogP contribution in [0.2, 0.25) is 0 Å². The molecule has 0 unspecified atom stereocenters. The van der Waals surface area contributed by atoms with Crippen molar-refractivity contribution in [2.75, 3.05) is 13.2 Å². The van der Waals surface area contributed by atoms with E-state index in [1.54, 1.807) is 4.90 Å². The lowest BCUT2D eigenvalue weighted by atomic mass is 10.0. The van der Waals surface area contributed by atoms with Gasteiger partial charge in [0.05, 0.1) is 13.2 Å². The Bertz CT molecular complexity index is 804. The molecule has 25 heavy (non-hydrogen) atoms. The van der Waals surface area contributed by atoms with E-state index in [1.807, 2.05) is 56.4 Å². The van der Waals surface area contributed by atoms with Gasteiger partial charge >= 0.3 is 6.09 Å². The average molecular weight is 334 g/mol. The van der Waals surface area contributed by atoms with Crippen molar-refractivity contribution >= 4 is 6.09 Å². The van der Waals surface area contributed by atoms with E-state index in [9.17, 15) is 4.79 Å². The van der Waals surface area contributed by atoms with Crippen LogP contribution in [-0.2, 0) is 17.7 Å². The molecule has 1 amide bonds. The minimum atomic E-state index is -0.250. The monoisotopic (exact) mass is 334 g/mol. The van der Waals surface area contributed by atoms with Crippen molar-refractivity contribution in [3.8, 4) is 11.8 Å². The average Bonchev–Trinajstić information content (AvgIpc) is 2.64. The van der Waals surface area contributed by atoms with Crippen LogP contribution in [0.3, 0.4) is 0 Å². The summed E-state index contributed by atoms with van der Waals surface area (Å²) in [4.78, 5) is 18.4. The van der Waals surface area contributed by atoms with Gasteiger partial charge in [-0.1, -0.05) is 43.9 Å². The van der Waals surface area contributed by atoms with E-state index in [0.29, 0.717) is 25.6 Å². The normalized spacial score (nSPS) is 13.0. The van der Waals surface area contributed by atoms with Crippen molar-refractivity contribution in [2.45, 2.75) is 26.8 Å². The summed E-state index contributed by atoms with van der Waals surface area (Å²) >= 11 is 0. The van der Waals surface area contributed by atoms with Crippen molar-refractivity contribution in [2.24, 2.45) is 5.92 Å². The minimum absolute atomic E-state index is 0.250. The van der Waals surface area contributed by atoms with Gasteiger partial charge in [0.25, 0.3) is 0 Å². The number of hydrogen-bond donors (Lipinski definition) is 0. The maximum Gasteiger partial charge on any atom is 0.410 e. The lowest BCUT2D eigenvalue weighted by molar-refractivity contribution is 0.0877. The highest BCUT2D eigenvalue weighted by molar-refractivity contribution is 5.68. The van der Waals surface area contributed by atoms with E-state index in [2.05, 4.69) is 16.8 Å². The second-order valence-corrected chi connectivity index (χ2v) is 6.59. The molecule has 4 nitrogen and oxygen atoms in total. The van der Waals surface area contributed by atoms with Crippen LogP contribution in [0.1, 0.15) is 36.2 Å². The first-order valence-corrected chi connectivity index (χ1v) is 8.58. The maximum absolute atomic E-state index is 12.2. The predicted octanol–water partition coefficient (Wildman–Crippen LogP) is 3.63. The lowest BCUT2D eigenvalue weighted by Crippen LogP contribution is -2.37. The molecule has 0 fully saturated rings. The number of carbonyl (C=O) groups is 1. The minimum Gasteiger partial charge on any atom is -0.449 e. The third-order valence-corrected chi connectivity index (χ3v) is 3.96. The van der Waals surface area contributed by atoms with Gasteiger partial charge in [-0.25, -0.2) is 4.79 Å². The first kappa shape index (κ1) is 17.0. The number of benzene rings is 1. The number of nitrogens with zero attached hydrogens (tertiary/aromatic N) is 2. The van der Waals surface area contributed by atoms with Crippen molar-refractivity contribution in [1.29, 1.82) is 0 Å². The summed E-state index contributed by atoms with van der Waals surface area (Å²) in [6.07, 6.45) is 2.31. The summed E-state index contributed by atoms with van der Waals surface area (Å²) in [5.74, 6) is 6.62. The topological polar surface area (TPSA) is 42.4 Å². The third kappa shape index (κ3) is 4.60. The lowest BCUT2D eigenvalue weighted by Gasteiger charge is -2.27. The van der Waals surface area contributed by atoms with Gasteiger partial charge in [0.1, 0.15) is 0 Å². The molecule has 0 saturated heterocycles. The summed E-state index contributed by atoms with van der Waals surface area (Å²) in [6, 6.07) is 11.9. The van der Waals surface area contributed by atoms with E-state index in [0.717, 1.165) is 28.8 Å². The Morgan fingerprint density at radius 3 is 2.76 bits per heavy atom. The number of hydrogen-bond acceptors (Lipinski definition) is 3. The molecule has 3 rings (SSSR count). The van der Waals surface area contributed by atoms with Gasteiger partial charge < -0.3 is 9.64 Å². The highest BCUT2D eigenvalue weighted by Gasteiger charge is 2.22. The number of aromatic nitrogens is 1. The zero-order valence-electron chi connectivity index (χ0n) is 14.7. The first-order valence-electron chi connectivity index (χ1n) is 8.58. The molecule has 2 aromatic rings. The van der Waals surface area contributed by atoms with E-state index < -0.39 is 0 Å².